The van der Waals surface area contributed by atoms with Crippen LogP contribution in [0.1, 0.15) is 26.2 Å². The SMILES string of the molecule is CC(C)(CCN)c1nc2ccccc2o1. The first-order chi connectivity index (χ1) is 7.13. The zero-order chi connectivity index (χ0) is 10.9. The minimum Gasteiger partial charge on any atom is -0.440 e. The molecule has 1 heterocycles. The maximum atomic E-state index is 5.72. The summed E-state index contributed by atoms with van der Waals surface area (Å²) in [5.74, 6) is 0.772. The third-order valence-corrected chi connectivity index (χ3v) is 2.64. The second-order valence-electron chi connectivity index (χ2n) is 4.41. The molecule has 0 saturated heterocycles. The summed E-state index contributed by atoms with van der Waals surface area (Å²) in [4.78, 5) is 4.48. The molecule has 80 valence electrons. The van der Waals surface area contributed by atoms with Crippen LogP contribution in [0.4, 0.5) is 0 Å². The average molecular weight is 204 g/mol. The van der Waals surface area contributed by atoms with Crippen LogP contribution >= 0.6 is 0 Å². The fourth-order valence-electron chi connectivity index (χ4n) is 1.63. The van der Waals surface area contributed by atoms with Gasteiger partial charge in [-0.25, -0.2) is 4.98 Å². The van der Waals surface area contributed by atoms with Crippen molar-refractivity contribution in [2.45, 2.75) is 25.7 Å². The minimum absolute atomic E-state index is 0.0895. The molecule has 2 aromatic rings. The first-order valence-corrected chi connectivity index (χ1v) is 5.19. The molecule has 0 unspecified atom stereocenters. The third kappa shape index (κ3) is 1.88. The van der Waals surface area contributed by atoms with E-state index in [1.165, 1.54) is 0 Å². The van der Waals surface area contributed by atoms with Crippen LogP contribution in [0.3, 0.4) is 0 Å². The summed E-state index contributed by atoms with van der Waals surface area (Å²) in [6.07, 6.45) is 0.875. The molecule has 0 fully saturated rings. The lowest BCUT2D eigenvalue weighted by atomic mass is 9.89. The smallest absolute Gasteiger partial charge is 0.201 e. The van der Waals surface area contributed by atoms with E-state index in [0.717, 1.165) is 23.4 Å². The molecule has 0 saturated carbocycles. The van der Waals surface area contributed by atoms with Crippen molar-refractivity contribution in [1.29, 1.82) is 0 Å². The molecular formula is C12H16N2O. The molecule has 0 spiro atoms. The van der Waals surface area contributed by atoms with Gasteiger partial charge in [0.2, 0.25) is 5.89 Å². The molecule has 0 bridgehead atoms. The van der Waals surface area contributed by atoms with Crippen molar-refractivity contribution < 1.29 is 4.42 Å². The van der Waals surface area contributed by atoms with Crippen LogP contribution in [0.2, 0.25) is 0 Å². The van der Waals surface area contributed by atoms with Gasteiger partial charge in [0.25, 0.3) is 0 Å². The monoisotopic (exact) mass is 204 g/mol. The summed E-state index contributed by atoms with van der Waals surface area (Å²) in [7, 11) is 0. The standard InChI is InChI=1S/C12H16N2O/c1-12(2,7-8-13)11-14-9-5-3-4-6-10(9)15-11/h3-6H,7-8,13H2,1-2H3. The second-order valence-corrected chi connectivity index (χ2v) is 4.41. The largest absolute Gasteiger partial charge is 0.440 e. The minimum atomic E-state index is -0.0895. The Morgan fingerprint density at radius 3 is 2.73 bits per heavy atom. The molecule has 0 atom stereocenters. The summed E-state index contributed by atoms with van der Waals surface area (Å²) in [6, 6.07) is 7.81. The molecule has 3 nitrogen and oxygen atoms in total. The van der Waals surface area contributed by atoms with Crippen LogP contribution in [-0.2, 0) is 5.41 Å². The van der Waals surface area contributed by atoms with E-state index >= 15 is 0 Å². The molecule has 1 aromatic heterocycles. The molecular weight excluding hydrogens is 188 g/mol. The lowest BCUT2D eigenvalue weighted by Crippen LogP contribution is -2.21. The van der Waals surface area contributed by atoms with Gasteiger partial charge in [-0.05, 0) is 25.1 Å². The van der Waals surface area contributed by atoms with Crippen LogP contribution in [0.15, 0.2) is 28.7 Å². The van der Waals surface area contributed by atoms with Crippen molar-refractivity contribution in [2.75, 3.05) is 6.54 Å². The molecule has 3 heteroatoms. The van der Waals surface area contributed by atoms with Crippen molar-refractivity contribution in [3.8, 4) is 0 Å². The average Bonchev–Trinajstić information content (AvgIpc) is 2.61. The number of fused-ring (bicyclic) bond motifs is 1. The van der Waals surface area contributed by atoms with Crippen LogP contribution in [0.25, 0.3) is 11.1 Å². The van der Waals surface area contributed by atoms with Crippen molar-refractivity contribution in [3.63, 3.8) is 0 Å². The maximum absolute atomic E-state index is 5.72. The number of hydrogen-bond acceptors (Lipinski definition) is 3. The molecule has 0 aliphatic heterocycles. The quantitative estimate of drug-likeness (QED) is 0.835. The molecule has 2 rings (SSSR count). The number of oxazole rings is 1. The Morgan fingerprint density at radius 1 is 1.33 bits per heavy atom. The molecule has 0 radical (unpaired) electrons. The topological polar surface area (TPSA) is 52.0 Å². The zero-order valence-electron chi connectivity index (χ0n) is 9.16. The molecule has 0 amide bonds. The van der Waals surface area contributed by atoms with Crippen LogP contribution < -0.4 is 5.73 Å². The highest BCUT2D eigenvalue weighted by Crippen LogP contribution is 2.28. The predicted octanol–water partition coefficient (Wildman–Crippen LogP) is 2.45. The summed E-state index contributed by atoms with van der Waals surface area (Å²) >= 11 is 0. The second kappa shape index (κ2) is 3.66. The number of nitrogens with two attached hydrogens (primary N) is 1. The van der Waals surface area contributed by atoms with Gasteiger partial charge < -0.3 is 10.2 Å². The summed E-state index contributed by atoms with van der Waals surface area (Å²) in [5.41, 5.74) is 7.25. The third-order valence-electron chi connectivity index (χ3n) is 2.64. The Morgan fingerprint density at radius 2 is 2.07 bits per heavy atom. The van der Waals surface area contributed by atoms with Gasteiger partial charge in [0.15, 0.2) is 5.58 Å². The van der Waals surface area contributed by atoms with Crippen molar-refractivity contribution in [3.05, 3.63) is 30.2 Å². The number of rotatable bonds is 3. The number of para-hydroxylation sites is 2. The molecule has 1 aromatic carbocycles. The first kappa shape index (κ1) is 10.2. The van der Waals surface area contributed by atoms with E-state index in [0.29, 0.717) is 6.54 Å². The summed E-state index contributed by atoms with van der Waals surface area (Å²) in [5, 5.41) is 0. The first-order valence-electron chi connectivity index (χ1n) is 5.19. The Kier molecular flexibility index (Phi) is 2.49. The van der Waals surface area contributed by atoms with E-state index in [-0.39, 0.29) is 5.41 Å². The Labute approximate surface area is 89.3 Å². The van der Waals surface area contributed by atoms with E-state index in [4.69, 9.17) is 10.2 Å². The Balaban J connectivity index is 2.44. The van der Waals surface area contributed by atoms with E-state index in [2.05, 4.69) is 18.8 Å². The molecule has 15 heavy (non-hydrogen) atoms. The maximum Gasteiger partial charge on any atom is 0.201 e. The van der Waals surface area contributed by atoms with Gasteiger partial charge in [-0.2, -0.15) is 0 Å². The van der Waals surface area contributed by atoms with Gasteiger partial charge in [-0.3, -0.25) is 0 Å². The normalized spacial score (nSPS) is 12.2. The van der Waals surface area contributed by atoms with Gasteiger partial charge in [-0.1, -0.05) is 26.0 Å². The van der Waals surface area contributed by atoms with Crippen LogP contribution in [-0.4, -0.2) is 11.5 Å². The fourth-order valence-corrected chi connectivity index (χ4v) is 1.63. The molecule has 0 aliphatic carbocycles. The van der Waals surface area contributed by atoms with E-state index in [9.17, 15) is 0 Å². The zero-order valence-corrected chi connectivity index (χ0v) is 9.16. The van der Waals surface area contributed by atoms with Crippen LogP contribution in [0.5, 0.6) is 0 Å². The molecule has 0 aliphatic rings. The van der Waals surface area contributed by atoms with Gasteiger partial charge in [0.1, 0.15) is 5.52 Å². The Hall–Kier alpha value is -1.35. The molecule has 2 N–H and O–H groups in total. The lowest BCUT2D eigenvalue weighted by molar-refractivity contribution is 0.366. The van der Waals surface area contributed by atoms with E-state index in [1.54, 1.807) is 0 Å². The van der Waals surface area contributed by atoms with Crippen molar-refractivity contribution in [2.24, 2.45) is 5.73 Å². The van der Waals surface area contributed by atoms with Crippen molar-refractivity contribution >= 4 is 11.1 Å². The van der Waals surface area contributed by atoms with Gasteiger partial charge in [0.05, 0.1) is 0 Å². The fraction of sp³-hybridized carbons (Fsp3) is 0.417. The van der Waals surface area contributed by atoms with E-state index < -0.39 is 0 Å². The summed E-state index contributed by atoms with van der Waals surface area (Å²) in [6.45, 7) is 4.85. The Bertz CT molecular complexity index is 426. The predicted molar refractivity (Wildman–Crippen MR) is 60.7 cm³/mol. The van der Waals surface area contributed by atoms with Crippen molar-refractivity contribution in [1.82, 2.24) is 4.98 Å². The van der Waals surface area contributed by atoms with Gasteiger partial charge in [-0.15, -0.1) is 0 Å². The lowest BCUT2D eigenvalue weighted by Gasteiger charge is -2.18. The summed E-state index contributed by atoms with van der Waals surface area (Å²) < 4.78 is 5.72. The van der Waals surface area contributed by atoms with Crippen LogP contribution in [0, 0.1) is 0 Å². The number of hydrogen-bond donors (Lipinski definition) is 1. The van der Waals surface area contributed by atoms with Gasteiger partial charge in [0, 0.05) is 5.41 Å². The highest BCUT2D eigenvalue weighted by molar-refractivity contribution is 5.72. The highest BCUT2D eigenvalue weighted by atomic mass is 16.3. The van der Waals surface area contributed by atoms with E-state index in [1.807, 2.05) is 24.3 Å². The highest BCUT2D eigenvalue weighted by Gasteiger charge is 2.25. The number of nitrogens with zero attached hydrogens (tertiary/aromatic N) is 1. The van der Waals surface area contributed by atoms with Gasteiger partial charge >= 0.3 is 0 Å². The number of benzene rings is 1. The number of aromatic nitrogens is 1.